The van der Waals surface area contributed by atoms with Gasteiger partial charge in [0.25, 0.3) is 5.22 Å². The lowest BCUT2D eigenvalue weighted by molar-refractivity contribution is 0.454. The van der Waals surface area contributed by atoms with Crippen molar-refractivity contribution in [2.45, 2.75) is 10.1 Å². The van der Waals surface area contributed by atoms with E-state index >= 15 is 0 Å². The normalized spacial score (nSPS) is 10.4. The van der Waals surface area contributed by atoms with Crippen LogP contribution in [0.1, 0.15) is 0 Å². The van der Waals surface area contributed by atoms with Crippen molar-refractivity contribution >= 4 is 29.1 Å². The molecule has 2 N–H and O–H groups in total. The van der Waals surface area contributed by atoms with E-state index in [2.05, 4.69) is 4.98 Å². The minimum absolute atomic E-state index is 0.555. The van der Waals surface area contributed by atoms with Gasteiger partial charge in [-0.1, -0.05) is 11.6 Å². The molecular weight excluding hydrogens is 220 g/mol. The van der Waals surface area contributed by atoms with Crippen LogP contribution in [0.4, 0.5) is 5.69 Å². The van der Waals surface area contributed by atoms with Crippen LogP contribution in [0.2, 0.25) is 5.02 Å². The minimum atomic E-state index is 0.555. The first kappa shape index (κ1) is 9.43. The largest absolute Gasteiger partial charge is 0.440 e. The zero-order chi connectivity index (χ0) is 9.97. The van der Waals surface area contributed by atoms with E-state index in [-0.39, 0.29) is 0 Å². The number of nitrogens with zero attached hydrogens (tertiary/aromatic N) is 1. The van der Waals surface area contributed by atoms with Crippen LogP contribution in [0.3, 0.4) is 0 Å². The summed E-state index contributed by atoms with van der Waals surface area (Å²) in [7, 11) is 0. The van der Waals surface area contributed by atoms with Gasteiger partial charge in [-0.05, 0) is 30.0 Å². The number of halogens is 1. The van der Waals surface area contributed by atoms with Crippen molar-refractivity contribution in [1.29, 1.82) is 0 Å². The zero-order valence-corrected chi connectivity index (χ0v) is 8.68. The van der Waals surface area contributed by atoms with E-state index in [0.29, 0.717) is 15.9 Å². The minimum Gasteiger partial charge on any atom is -0.440 e. The van der Waals surface area contributed by atoms with E-state index in [1.807, 2.05) is 0 Å². The number of benzene rings is 1. The van der Waals surface area contributed by atoms with Crippen LogP contribution in [0.5, 0.6) is 0 Å². The molecule has 2 rings (SSSR count). The first-order chi connectivity index (χ1) is 6.75. The van der Waals surface area contributed by atoms with Gasteiger partial charge in [-0.15, -0.1) is 0 Å². The van der Waals surface area contributed by atoms with Crippen molar-refractivity contribution in [2.24, 2.45) is 0 Å². The summed E-state index contributed by atoms with van der Waals surface area (Å²) in [5.74, 6) is 0. The summed E-state index contributed by atoms with van der Waals surface area (Å²) in [5, 5.41) is 1.20. The number of nitrogens with two attached hydrogens (primary N) is 1. The molecule has 1 heterocycles. The van der Waals surface area contributed by atoms with Crippen LogP contribution in [0.25, 0.3) is 0 Å². The monoisotopic (exact) mass is 226 g/mol. The zero-order valence-electron chi connectivity index (χ0n) is 7.11. The molecule has 0 saturated carbocycles. The van der Waals surface area contributed by atoms with Crippen LogP contribution < -0.4 is 5.73 Å². The van der Waals surface area contributed by atoms with E-state index < -0.39 is 0 Å². The highest BCUT2D eigenvalue weighted by atomic mass is 35.5. The number of nitrogen functional groups attached to an aromatic ring is 1. The Morgan fingerprint density at radius 2 is 2.29 bits per heavy atom. The molecular formula is C9H7ClN2OS. The number of rotatable bonds is 2. The van der Waals surface area contributed by atoms with Gasteiger partial charge in [0, 0.05) is 15.6 Å². The van der Waals surface area contributed by atoms with Crippen LogP contribution in [-0.4, -0.2) is 4.98 Å². The van der Waals surface area contributed by atoms with E-state index in [1.54, 1.807) is 24.4 Å². The maximum Gasteiger partial charge on any atom is 0.260 e. The highest BCUT2D eigenvalue weighted by molar-refractivity contribution is 7.99. The average Bonchev–Trinajstić information content (AvgIpc) is 2.64. The summed E-state index contributed by atoms with van der Waals surface area (Å²) in [4.78, 5) is 4.83. The lowest BCUT2D eigenvalue weighted by Gasteiger charge is -2.02. The fourth-order valence-electron chi connectivity index (χ4n) is 0.951. The van der Waals surface area contributed by atoms with Crippen LogP contribution >= 0.6 is 23.4 Å². The van der Waals surface area contributed by atoms with Gasteiger partial charge in [0.2, 0.25) is 0 Å². The van der Waals surface area contributed by atoms with E-state index in [9.17, 15) is 0 Å². The van der Waals surface area contributed by atoms with Crippen LogP contribution in [0.15, 0.2) is 45.2 Å². The molecule has 0 amide bonds. The van der Waals surface area contributed by atoms with Crippen molar-refractivity contribution in [1.82, 2.24) is 4.98 Å². The number of oxazole rings is 1. The van der Waals surface area contributed by atoms with Gasteiger partial charge in [0.15, 0.2) is 0 Å². The highest BCUT2D eigenvalue weighted by Crippen LogP contribution is 2.32. The summed E-state index contributed by atoms with van der Waals surface area (Å²) < 4.78 is 5.09. The average molecular weight is 227 g/mol. The summed E-state index contributed by atoms with van der Waals surface area (Å²) in [5.41, 5.74) is 6.42. The molecule has 0 fully saturated rings. The molecule has 0 radical (unpaired) electrons. The quantitative estimate of drug-likeness (QED) is 0.800. The number of aromatic nitrogens is 1. The second kappa shape index (κ2) is 3.94. The molecule has 14 heavy (non-hydrogen) atoms. The molecule has 5 heteroatoms. The van der Waals surface area contributed by atoms with Gasteiger partial charge in [-0.3, -0.25) is 0 Å². The third-order valence-corrected chi connectivity index (χ3v) is 2.77. The van der Waals surface area contributed by atoms with Gasteiger partial charge >= 0.3 is 0 Å². The Morgan fingerprint density at radius 3 is 3.00 bits per heavy atom. The van der Waals surface area contributed by atoms with Crippen molar-refractivity contribution in [3.05, 3.63) is 35.7 Å². The molecule has 0 bridgehead atoms. The topological polar surface area (TPSA) is 52.0 Å². The molecule has 0 aliphatic rings. The highest BCUT2D eigenvalue weighted by Gasteiger charge is 2.05. The van der Waals surface area contributed by atoms with Gasteiger partial charge in [0.1, 0.15) is 6.26 Å². The lowest BCUT2D eigenvalue weighted by atomic mass is 10.3. The Bertz CT molecular complexity index is 430. The summed E-state index contributed by atoms with van der Waals surface area (Å²) in [6, 6.07) is 5.29. The van der Waals surface area contributed by atoms with Crippen LogP contribution in [-0.2, 0) is 0 Å². The lowest BCUT2D eigenvalue weighted by Crippen LogP contribution is -1.87. The predicted octanol–water partition coefficient (Wildman–Crippen LogP) is 3.06. The number of anilines is 1. The van der Waals surface area contributed by atoms with Gasteiger partial charge in [-0.2, -0.15) is 0 Å². The van der Waals surface area contributed by atoms with Gasteiger partial charge in [-0.25, -0.2) is 4.98 Å². The maximum absolute atomic E-state index is 5.84. The molecule has 2 aromatic rings. The molecule has 0 atom stereocenters. The molecule has 72 valence electrons. The standard InChI is InChI=1S/C9H7ClN2OS/c10-6-1-2-7(11)8(5-6)14-9-12-3-4-13-9/h1-5H,11H2. The molecule has 0 unspecified atom stereocenters. The smallest absolute Gasteiger partial charge is 0.260 e. The molecule has 0 aliphatic carbocycles. The van der Waals surface area contributed by atoms with Gasteiger partial charge < -0.3 is 10.2 Å². The Hall–Kier alpha value is -1.13. The fourth-order valence-corrected chi connectivity index (χ4v) is 1.97. The van der Waals surface area contributed by atoms with E-state index in [1.165, 1.54) is 18.0 Å². The second-order valence-corrected chi connectivity index (χ2v) is 4.01. The van der Waals surface area contributed by atoms with E-state index in [0.717, 1.165) is 4.90 Å². The summed E-state index contributed by atoms with van der Waals surface area (Å²) in [6.45, 7) is 0. The Labute approximate surface area is 90.3 Å². The molecule has 1 aromatic heterocycles. The Balaban J connectivity index is 2.28. The van der Waals surface area contributed by atoms with E-state index in [4.69, 9.17) is 21.8 Å². The Kier molecular flexibility index (Phi) is 2.65. The predicted molar refractivity (Wildman–Crippen MR) is 56.5 cm³/mol. The third-order valence-electron chi connectivity index (χ3n) is 1.58. The number of hydrogen-bond donors (Lipinski definition) is 1. The molecule has 0 saturated heterocycles. The first-order valence-corrected chi connectivity index (χ1v) is 5.07. The van der Waals surface area contributed by atoms with Gasteiger partial charge in [0.05, 0.1) is 6.20 Å². The molecule has 0 spiro atoms. The number of hydrogen-bond acceptors (Lipinski definition) is 4. The van der Waals surface area contributed by atoms with Crippen molar-refractivity contribution in [2.75, 3.05) is 5.73 Å². The molecule has 1 aromatic carbocycles. The third kappa shape index (κ3) is 2.02. The van der Waals surface area contributed by atoms with Crippen LogP contribution in [0, 0.1) is 0 Å². The van der Waals surface area contributed by atoms with Crippen molar-refractivity contribution in [3.63, 3.8) is 0 Å². The fraction of sp³-hybridized carbons (Fsp3) is 0. The Morgan fingerprint density at radius 1 is 1.43 bits per heavy atom. The summed E-state index contributed by atoms with van der Waals surface area (Å²) >= 11 is 7.18. The second-order valence-electron chi connectivity index (χ2n) is 2.58. The summed E-state index contributed by atoms with van der Waals surface area (Å²) in [6.07, 6.45) is 3.10. The van der Waals surface area contributed by atoms with Crippen molar-refractivity contribution in [3.8, 4) is 0 Å². The molecule has 0 aliphatic heterocycles. The maximum atomic E-state index is 5.84. The molecule has 3 nitrogen and oxygen atoms in total. The van der Waals surface area contributed by atoms with Crippen molar-refractivity contribution < 1.29 is 4.42 Å². The first-order valence-electron chi connectivity index (χ1n) is 3.88. The SMILES string of the molecule is Nc1ccc(Cl)cc1Sc1ncco1.